The Bertz CT molecular complexity index is 836. The van der Waals surface area contributed by atoms with Gasteiger partial charge < -0.3 is 13.6 Å². The molecule has 27 heavy (non-hydrogen) atoms. The molecule has 0 aliphatic heterocycles. The fourth-order valence-electron chi connectivity index (χ4n) is 2.39. The van der Waals surface area contributed by atoms with Crippen LogP contribution in [0.1, 0.15) is 16.7 Å². The van der Waals surface area contributed by atoms with E-state index in [2.05, 4.69) is 0 Å². The van der Waals surface area contributed by atoms with E-state index in [-0.39, 0.29) is 48.9 Å². The van der Waals surface area contributed by atoms with Gasteiger partial charge in [0.15, 0.2) is 0 Å². The Labute approximate surface area is 200 Å². The number of phosphoric acid groups is 1. The van der Waals surface area contributed by atoms with Crippen molar-refractivity contribution in [2.75, 3.05) is 0 Å². The van der Waals surface area contributed by atoms with Gasteiger partial charge in [-0.25, -0.2) is 0 Å². The van der Waals surface area contributed by atoms with Gasteiger partial charge in [0.05, 0.1) is 0 Å². The number of para-hydroxylation sites is 3. The Hall–Kier alpha value is -1.14. The van der Waals surface area contributed by atoms with Gasteiger partial charge in [-0.15, -0.1) is 0 Å². The third-order valence-corrected chi connectivity index (χ3v) is 5.17. The maximum absolute atomic E-state index is 13.5. The minimum atomic E-state index is -3.97. The fraction of sp³-hybridized carbons (Fsp3) is 0.143. The van der Waals surface area contributed by atoms with Gasteiger partial charge in [-0.1, -0.05) is 54.6 Å². The van der Waals surface area contributed by atoms with Crippen molar-refractivity contribution in [3.05, 3.63) is 89.5 Å². The van der Waals surface area contributed by atoms with Gasteiger partial charge in [0.2, 0.25) is 0 Å². The molecule has 0 saturated heterocycles. The van der Waals surface area contributed by atoms with Crippen molar-refractivity contribution in [2.45, 2.75) is 20.8 Å². The molecule has 3 aromatic rings. The van der Waals surface area contributed by atoms with Gasteiger partial charge in [0.1, 0.15) is 17.2 Å². The van der Waals surface area contributed by atoms with Crippen molar-refractivity contribution in [1.29, 1.82) is 0 Å². The second-order valence-corrected chi connectivity index (χ2v) is 7.46. The predicted molar refractivity (Wildman–Crippen MR) is 112 cm³/mol. The molecule has 0 aliphatic rings. The fourth-order valence-corrected chi connectivity index (χ4v) is 3.84. The first-order valence-electron chi connectivity index (χ1n) is 8.32. The quantitative estimate of drug-likeness (QED) is 0.334. The molecule has 4 nitrogen and oxygen atoms in total. The Kier molecular flexibility index (Phi) is 8.10. The number of benzene rings is 3. The molecule has 0 heterocycles. The molecule has 0 bridgehead atoms. The summed E-state index contributed by atoms with van der Waals surface area (Å²) in [5, 5.41) is 0. The first kappa shape index (κ1) is 22.2. The standard InChI is InChI=1S/C21H21O4P.Ba.2H/c1-16-10-4-7-13-19(16)23-26(22,24-20-14-8-5-11-17(20)2)25-21-15-9-6-12-18(21)3;;;/h4-15H,1-3H3;;;. The molecule has 0 radical (unpaired) electrons. The van der Waals surface area contributed by atoms with Crippen LogP contribution in [0, 0.1) is 20.8 Å². The summed E-state index contributed by atoms with van der Waals surface area (Å²) in [5.41, 5.74) is 2.53. The van der Waals surface area contributed by atoms with Crippen molar-refractivity contribution in [3.8, 4) is 17.2 Å². The number of hydrogen-bond acceptors (Lipinski definition) is 4. The Morgan fingerprint density at radius 1 is 0.556 bits per heavy atom. The van der Waals surface area contributed by atoms with Crippen molar-refractivity contribution in [1.82, 2.24) is 0 Å². The van der Waals surface area contributed by atoms with E-state index in [0.29, 0.717) is 17.2 Å². The van der Waals surface area contributed by atoms with Gasteiger partial charge in [-0.05, 0) is 55.7 Å². The summed E-state index contributed by atoms with van der Waals surface area (Å²) in [6.45, 7) is 5.63. The van der Waals surface area contributed by atoms with E-state index in [9.17, 15) is 4.57 Å². The summed E-state index contributed by atoms with van der Waals surface area (Å²) in [6.07, 6.45) is 0. The van der Waals surface area contributed by atoms with E-state index in [1.165, 1.54) is 0 Å². The Morgan fingerprint density at radius 2 is 0.815 bits per heavy atom. The Morgan fingerprint density at radius 3 is 1.07 bits per heavy atom. The topological polar surface area (TPSA) is 44.8 Å². The van der Waals surface area contributed by atoms with Crippen LogP contribution in [0.25, 0.3) is 0 Å². The monoisotopic (exact) mass is 508 g/mol. The molecule has 3 rings (SSSR count). The van der Waals surface area contributed by atoms with Gasteiger partial charge in [0, 0.05) is 0 Å². The molecule has 0 aromatic heterocycles. The minimum absolute atomic E-state index is 0. The zero-order valence-electron chi connectivity index (χ0n) is 15.0. The molecule has 0 saturated carbocycles. The molecule has 6 heteroatoms. The van der Waals surface area contributed by atoms with Crippen LogP contribution in [-0.2, 0) is 4.57 Å². The van der Waals surface area contributed by atoms with E-state index < -0.39 is 7.82 Å². The van der Waals surface area contributed by atoms with Crippen LogP contribution in [0.2, 0.25) is 0 Å². The summed E-state index contributed by atoms with van der Waals surface area (Å²) >= 11 is 0. The van der Waals surface area contributed by atoms with Crippen LogP contribution in [0.3, 0.4) is 0 Å². The molecule has 0 atom stereocenters. The number of aryl methyl sites for hydroxylation is 3. The van der Waals surface area contributed by atoms with E-state index in [4.69, 9.17) is 13.6 Å². The van der Waals surface area contributed by atoms with E-state index >= 15 is 0 Å². The van der Waals surface area contributed by atoms with Crippen LogP contribution in [-0.4, -0.2) is 48.9 Å². The zero-order chi connectivity index (χ0) is 18.6. The average Bonchev–Trinajstić information content (AvgIpc) is 2.61. The summed E-state index contributed by atoms with van der Waals surface area (Å²) in [5.74, 6) is 1.37. The van der Waals surface area contributed by atoms with Gasteiger partial charge in [0.25, 0.3) is 0 Å². The summed E-state index contributed by atoms with van der Waals surface area (Å²) in [7, 11) is -3.97. The molecule has 0 N–H and O–H groups in total. The van der Waals surface area contributed by atoms with Crippen LogP contribution in [0.15, 0.2) is 72.8 Å². The van der Waals surface area contributed by atoms with Crippen LogP contribution < -0.4 is 13.6 Å². The molecule has 0 spiro atoms. The van der Waals surface area contributed by atoms with E-state index in [0.717, 1.165) is 16.7 Å². The first-order valence-corrected chi connectivity index (χ1v) is 9.79. The van der Waals surface area contributed by atoms with Crippen LogP contribution >= 0.6 is 7.82 Å². The van der Waals surface area contributed by atoms with Crippen LogP contribution in [0.4, 0.5) is 0 Å². The molecule has 0 aliphatic carbocycles. The van der Waals surface area contributed by atoms with E-state index in [1.54, 1.807) is 18.2 Å². The van der Waals surface area contributed by atoms with Crippen molar-refractivity contribution in [3.63, 3.8) is 0 Å². The van der Waals surface area contributed by atoms with Crippen molar-refractivity contribution in [2.24, 2.45) is 0 Å². The molecular weight excluding hydrogens is 485 g/mol. The summed E-state index contributed by atoms with van der Waals surface area (Å²) in [4.78, 5) is 0. The predicted octanol–water partition coefficient (Wildman–Crippen LogP) is 5.34. The molecule has 138 valence electrons. The normalized spacial score (nSPS) is 10.6. The summed E-state index contributed by atoms with van der Waals surface area (Å²) in [6, 6.07) is 22.0. The van der Waals surface area contributed by atoms with Gasteiger partial charge in [-0.2, -0.15) is 4.57 Å². The van der Waals surface area contributed by atoms with Gasteiger partial charge >= 0.3 is 56.7 Å². The number of phosphoric ester groups is 1. The average molecular weight is 508 g/mol. The summed E-state index contributed by atoms with van der Waals surface area (Å²) < 4.78 is 30.8. The molecule has 0 unspecified atom stereocenters. The third kappa shape index (κ3) is 5.92. The molecule has 3 aromatic carbocycles. The van der Waals surface area contributed by atoms with E-state index in [1.807, 2.05) is 75.4 Å². The third-order valence-electron chi connectivity index (χ3n) is 3.91. The molecular formula is C21H23BaO4P. The molecule has 0 fully saturated rings. The van der Waals surface area contributed by atoms with Crippen molar-refractivity contribution < 1.29 is 18.1 Å². The van der Waals surface area contributed by atoms with Gasteiger partial charge in [-0.3, -0.25) is 0 Å². The maximum atomic E-state index is 13.5. The first-order chi connectivity index (χ1) is 12.5. The SMILES string of the molecule is Cc1ccccc1OP(=O)(Oc1ccccc1C)Oc1ccccc1C.[BaH2]. The second kappa shape index (κ2) is 9.87. The second-order valence-electron chi connectivity index (χ2n) is 6.02. The zero-order valence-corrected chi connectivity index (χ0v) is 15.9. The van der Waals surface area contributed by atoms with Crippen molar-refractivity contribution >= 4 is 56.7 Å². The molecule has 0 amide bonds. The van der Waals surface area contributed by atoms with Crippen LogP contribution in [0.5, 0.6) is 17.2 Å². The number of hydrogen-bond donors (Lipinski definition) is 0. The Balaban J connectivity index is 0.00000261. The number of rotatable bonds is 6.